The largest absolute Gasteiger partial charge is 0.459 e. The maximum Gasteiger partial charge on any atom is 0.311 e. The van der Waals surface area contributed by atoms with Crippen LogP contribution < -0.4 is 0 Å². The first kappa shape index (κ1) is 16.1. The van der Waals surface area contributed by atoms with Gasteiger partial charge in [-0.1, -0.05) is 30.1 Å². The predicted molar refractivity (Wildman–Crippen MR) is 75.8 cm³/mol. The van der Waals surface area contributed by atoms with E-state index in [0.29, 0.717) is 0 Å². The third-order valence-electron chi connectivity index (χ3n) is 4.25. The number of halogens is 2. The fourth-order valence-corrected chi connectivity index (χ4v) is 3.53. The lowest BCUT2D eigenvalue weighted by molar-refractivity contribution is -0.162. The van der Waals surface area contributed by atoms with E-state index in [4.69, 9.17) is 32.7 Å². The number of rotatable bonds is 1. The molecule has 0 aromatic carbocycles. The van der Waals surface area contributed by atoms with Crippen LogP contribution in [0.2, 0.25) is 0 Å². The van der Waals surface area contributed by atoms with Gasteiger partial charge in [0.25, 0.3) is 0 Å². The van der Waals surface area contributed by atoms with E-state index in [1.165, 1.54) is 0 Å². The Balaban J connectivity index is 2.19. The molecule has 1 aliphatic carbocycles. The SMILES string of the molecule is C[C@@H]1O[C@@]2(CC(=O)C2(Cl)Cl)[C@@H](C)C1OC(=O)C(C)(C)C. The van der Waals surface area contributed by atoms with Crippen molar-refractivity contribution in [1.82, 2.24) is 0 Å². The molecule has 1 aliphatic heterocycles. The molecule has 0 aromatic rings. The van der Waals surface area contributed by atoms with Gasteiger partial charge in [0.2, 0.25) is 4.33 Å². The number of carbonyl (C=O) groups excluding carboxylic acids is 2. The first-order valence-electron chi connectivity index (χ1n) is 6.73. The summed E-state index contributed by atoms with van der Waals surface area (Å²) in [6, 6.07) is 0. The van der Waals surface area contributed by atoms with Gasteiger partial charge in [-0.15, -0.1) is 0 Å². The molecule has 0 bridgehead atoms. The molecular weight excluding hydrogens is 303 g/mol. The molecule has 4 atom stereocenters. The molecule has 2 aliphatic rings. The lowest BCUT2D eigenvalue weighted by atomic mass is 9.69. The van der Waals surface area contributed by atoms with Gasteiger partial charge in [0.1, 0.15) is 11.7 Å². The van der Waals surface area contributed by atoms with E-state index in [1.807, 2.05) is 6.92 Å². The number of ether oxygens (including phenoxy) is 2. The van der Waals surface area contributed by atoms with Crippen molar-refractivity contribution >= 4 is 35.0 Å². The Morgan fingerprint density at radius 2 is 1.90 bits per heavy atom. The number of alkyl halides is 2. The first-order chi connectivity index (χ1) is 8.93. The average Bonchev–Trinajstić information content (AvgIpc) is 2.55. The summed E-state index contributed by atoms with van der Waals surface area (Å²) in [6.07, 6.45) is -0.636. The van der Waals surface area contributed by atoms with E-state index in [-0.39, 0.29) is 30.2 Å². The minimum atomic E-state index is -1.55. The Morgan fingerprint density at radius 1 is 1.35 bits per heavy atom. The minimum absolute atomic E-state index is 0.162. The Morgan fingerprint density at radius 3 is 2.30 bits per heavy atom. The monoisotopic (exact) mass is 322 g/mol. The topological polar surface area (TPSA) is 52.6 Å². The van der Waals surface area contributed by atoms with Crippen LogP contribution in [-0.4, -0.2) is 33.9 Å². The third-order valence-corrected chi connectivity index (χ3v) is 5.31. The van der Waals surface area contributed by atoms with Gasteiger partial charge >= 0.3 is 5.97 Å². The van der Waals surface area contributed by atoms with Gasteiger partial charge in [0.15, 0.2) is 5.78 Å². The highest BCUT2D eigenvalue weighted by Crippen LogP contribution is 2.59. The number of ketones is 1. The van der Waals surface area contributed by atoms with Gasteiger partial charge in [-0.2, -0.15) is 0 Å². The standard InChI is InChI=1S/C14H20Cl2O4/c1-7-10(19-11(18)12(3,4)5)8(2)20-13(7)6-9(17)14(13,15)16/h7-8,10H,6H2,1-5H3/t7-,8-,10?,13-/m0/s1. The highest BCUT2D eigenvalue weighted by Gasteiger charge is 2.73. The Hall–Kier alpha value is -0.320. The van der Waals surface area contributed by atoms with E-state index in [0.717, 1.165) is 0 Å². The minimum Gasteiger partial charge on any atom is -0.459 e. The maximum atomic E-state index is 12.0. The summed E-state index contributed by atoms with van der Waals surface area (Å²) in [4.78, 5) is 23.6. The van der Waals surface area contributed by atoms with Crippen molar-refractivity contribution in [3.05, 3.63) is 0 Å². The number of hydrogen-bond donors (Lipinski definition) is 0. The van der Waals surface area contributed by atoms with Crippen LogP contribution in [0.15, 0.2) is 0 Å². The van der Waals surface area contributed by atoms with Crippen molar-refractivity contribution < 1.29 is 19.1 Å². The Kier molecular flexibility index (Phi) is 3.68. The van der Waals surface area contributed by atoms with Crippen LogP contribution in [0.4, 0.5) is 0 Å². The molecule has 2 fully saturated rings. The summed E-state index contributed by atoms with van der Waals surface area (Å²) in [5.41, 5.74) is -1.54. The quantitative estimate of drug-likeness (QED) is 0.550. The van der Waals surface area contributed by atoms with Crippen molar-refractivity contribution in [3.63, 3.8) is 0 Å². The van der Waals surface area contributed by atoms with E-state index in [1.54, 1.807) is 27.7 Å². The van der Waals surface area contributed by atoms with Crippen molar-refractivity contribution in [3.8, 4) is 0 Å². The molecule has 4 nitrogen and oxygen atoms in total. The summed E-state index contributed by atoms with van der Waals surface area (Å²) < 4.78 is 9.86. The van der Waals surface area contributed by atoms with Crippen LogP contribution in [0.5, 0.6) is 0 Å². The smallest absolute Gasteiger partial charge is 0.311 e. The van der Waals surface area contributed by atoms with Crippen molar-refractivity contribution in [2.75, 3.05) is 0 Å². The number of hydrogen-bond acceptors (Lipinski definition) is 4. The van der Waals surface area contributed by atoms with Gasteiger partial charge in [-0.25, -0.2) is 0 Å². The second-order valence-electron chi connectivity index (χ2n) is 6.80. The summed E-state index contributed by atoms with van der Waals surface area (Å²) in [5, 5.41) is 0. The van der Waals surface area contributed by atoms with Crippen molar-refractivity contribution in [1.29, 1.82) is 0 Å². The van der Waals surface area contributed by atoms with Crippen LogP contribution in [0.3, 0.4) is 0 Å². The molecular formula is C14H20Cl2O4. The van der Waals surface area contributed by atoms with Gasteiger partial charge in [-0.05, 0) is 27.7 Å². The highest BCUT2D eigenvalue weighted by molar-refractivity contribution is 6.61. The zero-order chi connectivity index (χ0) is 15.5. The molecule has 2 rings (SSSR count). The molecule has 1 saturated carbocycles. The van der Waals surface area contributed by atoms with Gasteiger partial charge < -0.3 is 9.47 Å². The normalized spacial score (nSPS) is 39.8. The second kappa shape index (κ2) is 4.59. The number of esters is 1. The molecule has 1 heterocycles. The highest BCUT2D eigenvalue weighted by atomic mass is 35.5. The molecule has 0 amide bonds. The Bertz CT molecular complexity index is 455. The van der Waals surface area contributed by atoms with Gasteiger partial charge in [-0.3, -0.25) is 9.59 Å². The fourth-order valence-electron chi connectivity index (χ4n) is 2.83. The van der Waals surface area contributed by atoms with Crippen molar-refractivity contribution in [2.24, 2.45) is 11.3 Å². The van der Waals surface area contributed by atoms with Crippen LogP contribution in [-0.2, 0) is 19.1 Å². The molecule has 20 heavy (non-hydrogen) atoms. The fraction of sp³-hybridized carbons (Fsp3) is 0.857. The molecule has 1 unspecified atom stereocenters. The summed E-state index contributed by atoms with van der Waals surface area (Å²) >= 11 is 12.2. The third kappa shape index (κ3) is 2.08. The molecule has 114 valence electrons. The second-order valence-corrected chi connectivity index (χ2v) is 8.12. The molecule has 0 radical (unpaired) electrons. The zero-order valence-electron chi connectivity index (χ0n) is 12.3. The number of Topliss-reactive ketones (excluding diaryl/α,β-unsaturated/α-hetero) is 1. The van der Waals surface area contributed by atoms with E-state index >= 15 is 0 Å². The molecule has 0 N–H and O–H groups in total. The molecule has 6 heteroatoms. The van der Waals surface area contributed by atoms with Crippen LogP contribution >= 0.6 is 23.2 Å². The van der Waals surface area contributed by atoms with Crippen LogP contribution in [0, 0.1) is 11.3 Å². The molecule has 0 aromatic heterocycles. The summed E-state index contributed by atoms with van der Waals surface area (Å²) in [5.74, 6) is -0.790. The Labute approximate surface area is 129 Å². The predicted octanol–water partition coefficient (Wildman–Crippen LogP) is 2.88. The van der Waals surface area contributed by atoms with Gasteiger partial charge in [0, 0.05) is 12.3 Å². The lowest BCUT2D eigenvalue weighted by Gasteiger charge is -2.49. The molecule has 1 saturated heterocycles. The molecule has 1 spiro atoms. The lowest BCUT2D eigenvalue weighted by Crippen LogP contribution is -2.66. The summed E-state index contributed by atoms with van der Waals surface area (Å²) in [6.45, 7) is 9.03. The van der Waals surface area contributed by atoms with E-state index in [9.17, 15) is 9.59 Å². The van der Waals surface area contributed by atoms with Gasteiger partial charge in [0.05, 0.1) is 11.5 Å². The van der Waals surface area contributed by atoms with E-state index < -0.39 is 21.5 Å². The maximum absolute atomic E-state index is 12.0. The van der Waals surface area contributed by atoms with Crippen molar-refractivity contribution in [2.45, 2.75) is 63.2 Å². The van der Waals surface area contributed by atoms with Crippen LogP contribution in [0.1, 0.15) is 41.0 Å². The first-order valence-corrected chi connectivity index (χ1v) is 7.49. The number of carbonyl (C=O) groups is 2. The zero-order valence-corrected chi connectivity index (χ0v) is 13.8. The average molecular weight is 323 g/mol. The summed E-state index contributed by atoms with van der Waals surface area (Å²) in [7, 11) is 0. The van der Waals surface area contributed by atoms with Crippen LogP contribution in [0.25, 0.3) is 0 Å². The van der Waals surface area contributed by atoms with E-state index in [2.05, 4.69) is 0 Å².